The first-order chi connectivity index (χ1) is 8.02. The third kappa shape index (κ3) is 2.05. The van der Waals surface area contributed by atoms with E-state index in [1.54, 1.807) is 10.8 Å². The molecule has 0 saturated carbocycles. The van der Waals surface area contributed by atoms with E-state index in [1.165, 1.54) is 17.4 Å². The molecule has 1 aromatic carbocycles. The Bertz CT molecular complexity index is 513. The van der Waals surface area contributed by atoms with Gasteiger partial charge < -0.3 is 5.73 Å². The SMILES string of the molecule is N[C@H](c1ccsc1)c1c(F)c(F)cc(F)c1F. The van der Waals surface area contributed by atoms with E-state index in [4.69, 9.17) is 5.73 Å². The lowest BCUT2D eigenvalue weighted by molar-refractivity contribution is 0.433. The van der Waals surface area contributed by atoms with Crippen LogP contribution in [0.4, 0.5) is 17.6 Å². The number of halogens is 4. The van der Waals surface area contributed by atoms with E-state index in [1.807, 2.05) is 0 Å². The molecule has 2 rings (SSSR count). The Kier molecular flexibility index (Phi) is 3.17. The van der Waals surface area contributed by atoms with Gasteiger partial charge in [-0.25, -0.2) is 17.6 Å². The lowest BCUT2D eigenvalue weighted by Crippen LogP contribution is -2.17. The molecule has 0 aliphatic rings. The lowest BCUT2D eigenvalue weighted by atomic mass is 10.0. The number of hydrogen-bond acceptors (Lipinski definition) is 2. The summed E-state index contributed by atoms with van der Waals surface area (Å²) in [5.74, 6) is -5.82. The van der Waals surface area contributed by atoms with E-state index in [-0.39, 0.29) is 6.07 Å². The topological polar surface area (TPSA) is 26.0 Å². The minimum absolute atomic E-state index is 0.161. The second-order valence-electron chi connectivity index (χ2n) is 3.42. The van der Waals surface area contributed by atoms with Gasteiger partial charge in [0.05, 0.1) is 11.6 Å². The second kappa shape index (κ2) is 4.46. The first kappa shape index (κ1) is 12.1. The molecule has 0 spiro atoms. The maximum atomic E-state index is 13.4. The van der Waals surface area contributed by atoms with Crippen LogP contribution in [0.25, 0.3) is 0 Å². The predicted octanol–water partition coefficient (Wildman–Crippen LogP) is 3.35. The van der Waals surface area contributed by atoms with Crippen molar-refractivity contribution in [2.24, 2.45) is 5.73 Å². The zero-order valence-corrected chi connectivity index (χ0v) is 9.20. The summed E-state index contributed by atoms with van der Waals surface area (Å²) in [6.07, 6.45) is 0. The van der Waals surface area contributed by atoms with Crippen LogP contribution in [0, 0.1) is 23.3 Å². The predicted molar refractivity (Wildman–Crippen MR) is 56.6 cm³/mol. The van der Waals surface area contributed by atoms with Crippen molar-refractivity contribution in [2.45, 2.75) is 6.04 Å². The summed E-state index contributed by atoms with van der Waals surface area (Å²) < 4.78 is 52.8. The van der Waals surface area contributed by atoms with Crippen molar-refractivity contribution in [3.8, 4) is 0 Å². The van der Waals surface area contributed by atoms with E-state index in [0.29, 0.717) is 5.56 Å². The molecule has 17 heavy (non-hydrogen) atoms. The average Bonchev–Trinajstić information content (AvgIpc) is 2.80. The molecular formula is C11H7F4NS. The molecule has 6 heteroatoms. The summed E-state index contributed by atoms with van der Waals surface area (Å²) in [5, 5.41) is 3.22. The van der Waals surface area contributed by atoms with Crippen molar-refractivity contribution in [3.63, 3.8) is 0 Å². The lowest BCUT2D eigenvalue weighted by Gasteiger charge is -2.13. The summed E-state index contributed by atoms with van der Waals surface area (Å²) in [4.78, 5) is 0. The number of benzene rings is 1. The molecule has 2 N–H and O–H groups in total. The highest BCUT2D eigenvalue weighted by Gasteiger charge is 2.24. The van der Waals surface area contributed by atoms with Gasteiger partial charge in [0.25, 0.3) is 0 Å². The van der Waals surface area contributed by atoms with Crippen molar-refractivity contribution < 1.29 is 17.6 Å². The molecule has 0 bridgehead atoms. The van der Waals surface area contributed by atoms with Gasteiger partial charge in [0.2, 0.25) is 0 Å². The third-order valence-electron chi connectivity index (χ3n) is 2.36. The van der Waals surface area contributed by atoms with E-state index in [0.717, 1.165) is 0 Å². The summed E-state index contributed by atoms with van der Waals surface area (Å²) >= 11 is 1.27. The number of thiophene rings is 1. The molecule has 0 amide bonds. The molecule has 0 aliphatic carbocycles. The first-order valence-corrected chi connectivity index (χ1v) is 5.57. The highest BCUT2D eigenvalue weighted by atomic mass is 32.1. The zero-order chi connectivity index (χ0) is 12.6. The van der Waals surface area contributed by atoms with Crippen LogP contribution in [-0.2, 0) is 0 Å². The van der Waals surface area contributed by atoms with Gasteiger partial charge in [-0.1, -0.05) is 0 Å². The fourth-order valence-electron chi connectivity index (χ4n) is 1.48. The minimum Gasteiger partial charge on any atom is -0.320 e. The van der Waals surface area contributed by atoms with Crippen LogP contribution >= 0.6 is 11.3 Å². The van der Waals surface area contributed by atoms with E-state index >= 15 is 0 Å². The summed E-state index contributed by atoms with van der Waals surface area (Å²) in [7, 11) is 0. The minimum atomic E-state index is -1.46. The number of hydrogen-bond donors (Lipinski definition) is 1. The molecule has 1 atom stereocenters. The quantitative estimate of drug-likeness (QED) is 0.651. The van der Waals surface area contributed by atoms with Crippen LogP contribution in [0.15, 0.2) is 22.9 Å². The molecule has 0 saturated heterocycles. The molecule has 0 aliphatic heterocycles. The van der Waals surface area contributed by atoms with Crippen LogP contribution in [-0.4, -0.2) is 0 Å². The van der Waals surface area contributed by atoms with E-state index in [9.17, 15) is 17.6 Å². The van der Waals surface area contributed by atoms with Crippen molar-refractivity contribution in [1.29, 1.82) is 0 Å². The van der Waals surface area contributed by atoms with Gasteiger partial charge in [0.1, 0.15) is 0 Å². The summed E-state index contributed by atoms with van der Waals surface area (Å²) in [6.45, 7) is 0. The monoisotopic (exact) mass is 261 g/mol. The zero-order valence-electron chi connectivity index (χ0n) is 8.38. The molecule has 1 aromatic heterocycles. The van der Waals surface area contributed by atoms with E-state index in [2.05, 4.69) is 0 Å². The number of nitrogens with two attached hydrogens (primary N) is 1. The van der Waals surface area contributed by atoms with Crippen LogP contribution in [0.2, 0.25) is 0 Å². The van der Waals surface area contributed by atoms with Crippen molar-refractivity contribution in [2.75, 3.05) is 0 Å². The van der Waals surface area contributed by atoms with E-state index < -0.39 is 34.9 Å². The average molecular weight is 261 g/mol. The molecule has 2 aromatic rings. The smallest absolute Gasteiger partial charge is 0.167 e. The standard InChI is InChI=1S/C11H7F4NS/c12-6-3-7(13)10(15)8(9(6)14)11(16)5-1-2-17-4-5/h1-4,11H,16H2/t11-/m1/s1. The first-order valence-electron chi connectivity index (χ1n) is 4.63. The summed E-state index contributed by atoms with van der Waals surface area (Å²) in [6, 6.07) is 0.470. The molecular weight excluding hydrogens is 254 g/mol. The molecule has 1 nitrogen and oxygen atoms in total. The number of rotatable bonds is 2. The third-order valence-corrected chi connectivity index (χ3v) is 3.06. The van der Waals surface area contributed by atoms with Crippen LogP contribution in [0.1, 0.15) is 17.2 Å². The van der Waals surface area contributed by atoms with Crippen LogP contribution in [0.3, 0.4) is 0 Å². The van der Waals surface area contributed by atoms with Gasteiger partial charge in [-0.05, 0) is 22.4 Å². The highest BCUT2D eigenvalue weighted by Crippen LogP contribution is 2.29. The Labute approximate surface area is 98.5 Å². The maximum Gasteiger partial charge on any atom is 0.167 e. The van der Waals surface area contributed by atoms with Crippen molar-refractivity contribution in [3.05, 3.63) is 57.3 Å². The van der Waals surface area contributed by atoms with Crippen LogP contribution in [0.5, 0.6) is 0 Å². The summed E-state index contributed by atoms with van der Waals surface area (Å²) in [5.41, 5.74) is 5.20. The van der Waals surface area contributed by atoms with Crippen molar-refractivity contribution in [1.82, 2.24) is 0 Å². The fourth-order valence-corrected chi connectivity index (χ4v) is 2.18. The largest absolute Gasteiger partial charge is 0.320 e. The fraction of sp³-hybridized carbons (Fsp3) is 0.0909. The Morgan fingerprint density at radius 2 is 1.65 bits per heavy atom. The van der Waals surface area contributed by atoms with Gasteiger partial charge in [-0.15, -0.1) is 0 Å². The van der Waals surface area contributed by atoms with Crippen LogP contribution < -0.4 is 5.73 Å². The van der Waals surface area contributed by atoms with Gasteiger partial charge in [-0.2, -0.15) is 11.3 Å². The van der Waals surface area contributed by atoms with Gasteiger partial charge >= 0.3 is 0 Å². The van der Waals surface area contributed by atoms with Crippen molar-refractivity contribution >= 4 is 11.3 Å². The molecule has 90 valence electrons. The normalized spacial score (nSPS) is 12.8. The Morgan fingerprint density at radius 3 is 2.12 bits per heavy atom. The van der Waals surface area contributed by atoms with Gasteiger partial charge in [-0.3, -0.25) is 0 Å². The van der Waals surface area contributed by atoms with Gasteiger partial charge in [0, 0.05) is 6.07 Å². The molecule has 1 heterocycles. The Balaban J connectivity index is 2.59. The Hall–Kier alpha value is -1.40. The Morgan fingerprint density at radius 1 is 1.06 bits per heavy atom. The maximum absolute atomic E-state index is 13.4. The second-order valence-corrected chi connectivity index (χ2v) is 4.20. The van der Waals surface area contributed by atoms with Gasteiger partial charge in [0.15, 0.2) is 23.3 Å². The molecule has 0 radical (unpaired) electrons. The highest BCUT2D eigenvalue weighted by molar-refractivity contribution is 7.08. The molecule has 0 unspecified atom stereocenters. The molecule has 0 fully saturated rings.